The summed E-state index contributed by atoms with van der Waals surface area (Å²) in [5.41, 5.74) is 0.977. The quantitative estimate of drug-likeness (QED) is 0.718. The Kier molecular flexibility index (Phi) is 4.21. The molecule has 0 N–H and O–H groups in total. The van der Waals surface area contributed by atoms with E-state index in [0.29, 0.717) is 17.7 Å². The van der Waals surface area contributed by atoms with E-state index < -0.39 is 0 Å². The summed E-state index contributed by atoms with van der Waals surface area (Å²) in [4.78, 5) is 11.7. The minimum absolute atomic E-state index is 0.333. The van der Waals surface area contributed by atoms with Gasteiger partial charge < -0.3 is 13.4 Å². The summed E-state index contributed by atoms with van der Waals surface area (Å²) in [5, 5.41) is 0. The van der Waals surface area contributed by atoms with Gasteiger partial charge in [0, 0.05) is 26.0 Å². The minimum Gasteiger partial charge on any atom is -0.456 e. The lowest BCUT2D eigenvalue weighted by Crippen LogP contribution is -2.34. The molecule has 1 saturated heterocycles. The van der Waals surface area contributed by atoms with Crippen molar-refractivity contribution >= 4 is 0 Å². The van der Waals surface area contributed by atoms with Crippen molar-refractivity contribution in [2.45, 2.75) is 45.7 Å². The SMILES string of the molecule is Cc1ccc(-c2nc(CN3CCCC[C@@H]3c3nccn3C)c(C)o2)o1. The topological polar surface area (TPSA) is 60.2 Å². The van der Waals surface area contributed by atoms with Gasteiger partial charge in [0.25, 0.3) is 5.89 Å². The molecule has 25 heavy (non-hydrogen) atoms. The number of likely N-dealkylation sites (tertiary alicyclic amines) is 1. The highest BCUT2D eigenvalue weighted by Crippen LogP contribution is 2.32. The lowest BCUT2D eigenvalue weighted by atomic mass is 10.0. The number of imidazole rings is 1. The van der Waals surface area contributed by atoms with E-state index in [1.165, 1.54) is 12.8 Å². The van der Waals surface area contributed by atoms with E-state index in [1.54, 1.807) is 0 Å². The fourth-order valence-electron chi connectivity index (χ4n) is 3.59. The molecule has 1 atom stereocenters. The first-order chi connectivity index (χ1) is 12.1. The van der Waals surface area contributed by atoms with Crippen LogP contribution in [0.5, 0.6) is 0 Å². The largest absolute Gasteiger partial charge is 0.456 e. The van der Waals surface area contributed by atoms with E-state index in [1.807, 2.05) is 38.4 Å². The van der Waals surface area contributed by atoms with Gasteiger partial charge in [-0.05, 0) is 45.4 Å². The summed E-state index contributed by atoms with van der Waals surface area (Å²) in [5.74, 6) is 4.09. The number of hydrogen-bond donors (Lipinski definition) is 0. The van der Waals surface area contributed by atoms with Crippen LogP contribution in [0.4, 0.5) is 0 Å². The van der Waals surface area contributed by atoms with Gasteiger partial charge >= 0.3 is 0 Å². The third kappa shape index (κ3) is 3.14. The zero-order valence-corrected chi connectivity index (χ0v) is 15.0. The fraction of sp³-hybridized carbons (Fsp3) is 0.474. The standard InChI is InChI=1S/C19H24N4O2/c1-13-7-8-17(24-13)19-21-15(14(2)25-19)12-23-10-5-4-6-16(23)18-20-9-11-22(18)3/h7-9,11,16H,4-6,10,12H2,1-3H3/t16-/m1/s1. The summed E-state index contributed by atoms with van der Waals surface area (Å²) >= 11 is 0. The molecular weight excluding hydrogens is 316 g/mol. The Morgan fingerprint density at radius 3 is 2.80 bits per heavy atom. The first-order valence-electron chi connectivity index (χ1n) is 8.86. The van der Waals surface area contributed by atoms with Crippen LogP contribution in [0.3, 0.4) is 0 Å². The molecular formula is C19H24N4O2. The van der Waals surface area contributed by atoms with Gasteiger partial charge in [-0.15, -0.1) is 0 Å². The van der Waals surface area contributed by atoms with E-state index in [2.05, 4.69) is 21.5 Å². The van der Waals surface area contributed by atoms with Crippen LogP contribution in [0.2, 0.25) is 0 Å². The van der Waals surface area contributed by atoms with Gasteiger partial charge in [0.2, 0.25) is 0 Å². The van der Waals surface area contributed by atoms with Gasteiger partial charge in [-0.1, -0.05) is 6.42 Å². The Morgan fingerprint density at radius 2 is 2.08 bits per heavy atom. The second-order valence-corrected chi connectivity index (χ2v) is 6.81. The molecule has 132 valence electrons. The van der Waals surface area contributed by atoms with Crippen LogP contribution in [-0.4, -0.2) is 26.0 Å². The summed E-state index contributed by atoms with van der Waals surface area (Å²) in [7, 11) is 2.06. The van der Waals surface area contributed by atoms with Gasteiger partial charge in [-0.25, -0.2) is 9.97 Å². The molecule has 0 aliphatic carbocycles. The Balaban J connectivity index is 1.58. The number of rotatable bonds is 4. The zero-order valence-electron chi connectivity index (χ0n) is 15.0. The van der Waals surface area contributed by atoms with E-state index in [-0.39, 0.29) is 0 Å². The lowest BCUT2D eigenvalue weighted by molar-refractivity contribution is 0.129. The van der Waals surface area contributed by atoms with Crippen molar-refractivity contribution in [3.8, 4) is 11.7 Å². The number of hydrogen-bond acceptors (Lipinski definition) is 5. The van der Waals surface area contributed by atoms with E-state index in [9.17, 15) is 0 Å². The average molecular weight is 340 g/mol. The van der Waals surface area contributed by atoms with Gasteiger partial charge in [-0.2, -0.15) is 0 Å². The molecule has 0 unspecified atom stereocenters. The molecule has 1 aliphatic heterocycles. The summed E-state index contributed by atoms with van der Waals surface area (Å²) in [6.07, 6.45) is 7.47. The maximum Gasteiger partial charge on any atom is 0.263 e. The normalized spacial score (nSPS) is 18.8. The number of aryl methyl sites for hydroxylation is 3. The summed E-state index contributed by atoms with van der Waals surface area (Å²) in [6.45, 7) is 5.72. The number of piperidine rings is 1. The van der Waals surface area contributed by atoms with Gasteiger partial charge in [0.1, 0.15) is 17.3 Å². The lowest BCUT2D eigenvalue weighted by Gasteiger charge is -2.34. The molecule has 1 fully saturated rings. The number of nitrogens with zero attached hydrogens (tertiary/aromatic N) is 4. The molecule has 4 rings (SSSR count). The molecule has 1 aliphatic rings. The van der Waals surface area contributed by atoms with Crippen molar-refractivity contribution in [3.63, 3.8) is 0 Å². The zero-order chi connectivity index (χ0) is 17.4. The van der Waals surface area contributed by atoms with Gasteiger partial charge in [0.15, 0.2) is 5.76 Å². The highest BCUT2D eigenvalue weighted by Gasteiger charge is 2.28. The second kappa shape index (κ2) is 6.52. The molecule has 6 nitrogen and oxygen atoms in total. The van der Waals surface area contributed by atoms with Crippen molar-refractivity contribution in [2.24, 2.45) is 7.05 Å². The van der Waals surface area contributed by atoms with Gasteiger partial charge in [-0.3, -0.25) is 4.90 Å². The van der Waals surface area contributed by atoms with E-state index in [4.69, 9.17) is 13.8 Å². The van der Waals surface area contributed by atoms with Crippen molar-refractivity contribution in [1.29, 1.82) is 0 Å². The van der Waals surface area contributed by atoms with Crippen LogP contribution >= 0.6 is 0 Å². The van der Waals surface area contributed by atoms with Crippen LogP contribution in [0.1, 0.15) is 48.3 Å². The Bertz CT molecular complexity index is 861. The van der Waals surface area contributed by atoms with Crippen molar-refractivity contribution in [2.75, 3.05) is 6.54 Å². The molecule has 0 saturated carbocycles. The number of aromatic nitrogens is 3. The third-order valence-electron chi connectivity index (χ3n) is 4.97. The molecule has 0 aromatic carbocycles. The van der Waals surface area contributed by atoms with Crippen LogP contribution in [0.15, 0.2) is 33.4 Å². The molecule has 3 aromatic heterocycles. The Hall–Kier alpha value is -2.34. The second-order valence-electron chi connectivity index (χ2n) is 6.81. The fourth-order valence-corrected chi connectivity index (χ4v) is 3.59. The first kappa shape index (κ1) is 16.1. The third-order valence-corrected chi connectivity index (χ3v) is 4.97. The molecule has 4 heterocycles. The Labute approximate surface area is 147 Å². The predicted molar refractivity (Wildman–Crippen MR) is 93.9 cm³/mol. The summed E-state index contributed by atoms with van der Waals surface area (Å²) < 4.78 is 13.6. The van der Waals surface area contributed by atoms with Crippen LogP contribution in [0, 0.1) is 13.8 Å². The molecule has 0 amide bonds. The van der Waals surface area contributed by atoms with Crippen LogP contribution in [-0.2, 0) is 13.6 Å². The maximum atomic E-state index is 5.85. The molecule has 0 bridgehead atoms. The summed E-state index contributed by atoms with van der Waals surface area (Å²) in [6, 6.07) is 4.16. The van der Waals surface area contributed by atoms with Crippen LogP contribution in [0.25, 0.3) is 11.7 Å². The highest BCUT2D eigenvalue weighted by atomic mass is 16.4. The predicted octanol–water partition coefficient (Wildman–Crippen LogP) is 4.01. The van der Waals surface area contributed by atoms with Crippen LogP contribution < -0.4 is 0 Å². The van der Waals surface area contributed by atoms with E-state index >= 15 is 0 Å². The molecule has 0 radical (unpaired) electrons. The Morgan fingerprint density at radius 1 is 1.20 bits per heavy atom. The monoisotopic (exact) mass is 340 g/mol. The van der Waals surface area contributed by atoms with Crippen molar-refractivity contribution in [3.05, 3.63) is 47.6 Å². The molecule has 6 heteroatoms. The van der Waals surface area contributed by atoms with E-state index in [0.717, 1.165) is 42.5 Å². The van der Waals surface area contributed by atoms with Crippen molar-refractivity contribution < 1.29 is 8.83 Å². The smallest absolute Gasteiger partial charge is 0.263 e. The average Bonchev–Trinajstić information content (AvgIpc) is 3.30. The minimum atomic E-state index is 0.333. The first-order valence-corrected chi connectivity index (χ1v) is 8.86. The number of furan rings is 1. The number of oxazole rings is 1. The molecule has 3 aromatic rings. The maximum absolute atomic E-state index is 5.85. The molecule has 0 spiro atoms. The van der Waals surface area contributed by atoms with Gasteiger partial charge in [0.05, 0.1) is 11.7 Å². The highest BCUT2D eigenvalue weighted by molar-refractivity contribution is 5.45. The van der Waals surface area contributed by atoms with Crippen molar-refractivity contribution in [1.82, 2.24) is 19.4 Å².